The predicted octanol–water partition coefficient (Wildman–Crippen LogP) is 2.51. The fourth-order valence-corrected chi connectivity index (χ4v) is 0.659. The summed E-state index contributed by atoms with van der Waals surface area (Å²) in [6.07, 6.45) is -4.76. The number of hydrogen-bond donors (Lipinski definition) is 1. The summed E-state index contributed by atoms with van der Waals surface area (Å²) in [6, 6.07) is 0. The van der Waals surface area contributed by atoms with Crippen molar-refractivity contribution < 1.29 is 18.0 Å². The Hall–Kier alpha value is -0.290. The molecule has 0 aliphatic carbocycles. The van der Waals surface area contributed by atoms with E-state index in [2.05, 4.69) is 5.48 Å². The summed E-state index contributed by atoms with van der Waals surface area (Å²) in [5.74, 6) is 0.384. The van der Waals surface area contributed by atoms with Crippen molar-refractivity contribution >= 4 is 0 Å². The van der Waals surface area contributed by atoms with Gasteiger partial charge in [0.15, 0.2) is 0 Å². The van der Waals surface area contributed by atoms with Gasteiger partial charge >= 0.3 is 6.18 Å². The molecule has 0 aliphatic heterocycles. The van der Waals surface area contributed by atoms with E-state index < -0.39 is 12.6 Å². The van der Waals surface area contributed by atoms with Gasteiger partial charge in [-0.2, -0.15) is 13.2 Å². The summed E-state index contributed by atoms with van der Waals surface area (Å²) in [6.45, 7) is 4.70. The van der Waals surface area contributed by atoms with Gasteiger partial charge in [0.25, 0.3) is 0 Å². The van der Waals surface area contributed by atoms with Gasteiger partial charge in [0.1, 0.15) is 0 Å². The minimum atomic E-state index is -4.06. The molecule has 0 aromatic carbocycles. The number of alkyl halides is 3. The molecule has 0 radical (unpaired) electrons. The Labute approximate surface area is 76.4 Å². The number of nitrogens with one attached hydrogen (secondary N) is 1. The maximum atomic E-state index is 11.6. The van der Waals surface area contributed by atoms with E-state index in [0.29, 0.717) is 12.5 Å². The van der Waals surface area contributed by atoms with Crippen LogP contribution in [0.3, 0.4) is 0 Å². The molecule has 0 bridgehead atoms. The normalized spacial score (nSPS) is 12.5. The van der Waals surface area contributed by atoms with Crippen LogP contribution in [0.15, 0.2) is 0 Å². The Morgan fingerprint density at radius 2 is 1.92 bits per heavy atom. The highest BCUT2D eigenvalue weighted by Gasteiger charge is 2.25. The van der Waals surface area contributed by atoms with Gasteiger partial charge in [-0.1, -0.05) is 13.8 Å². The average molecular weight is 199 g/mol. The van der Waals surface area contributed by atoms with E-state index >= 15 is 0 Å². The maximum Gasteiger partial charge on any atom is 0.389 e. The first-order valence-electron chi connectivity index (χ1n) is 4.33. The van der Waals surface area contributed by atoms with E-state index in [0.717, 1.165) is 0 Å². The van der Waals surface area contributed by atoms with E-state index in [9.17, 15) is 13.2 Å². The quantitative estimate of drug-likeness (QED) is 0.524. The first-order valence-corrected chi connectivity index (χ1v) is 4.33. The molecule has 0 spiro atoms. The number of halogens is 3. The second kappa shape index (κ2) is 6.21. The van der Waals surface area contributed by atoms with Crippen molar-refractivity contribution in [1.82, 2.24) is 5.48 Å². The molecule has 0 amide bonds. The summed E-state index contributed by atoms with van der Waals surface area (Å²) in [4.78, 5) is 4.89. The third-order valence-electron chi connectivity index (χ3n) is 1.26. The zero-order valence-corrected chi connectivity index (χ0v) is 7.95. The van der Waals surface area contributed by atoms with Gasteiger partial charge in [0.05, 0.1) is 6.61 Å². The highest BCUT2D eigenvalue weighted by Crippen LogP contribution is 2.20. The van der Waals surface area contributed by atoms with E-state index in [1.54, 1.807) is 0 Å². The number of rotatable bonds is 6. The van der Waals surface area contributed by atoms with Gasteiger partial charge in [0.2, 0.25) is 0 Å². The molecule has 5 heteroatoms. The summed E-state index contributed by atoms with van der Waals surface area (Å²) < 4.78 is 34.9. The van der Waals surface area contributed by atoms with Crippen molar-refractivity contribution in [2.24, 2.45) is 5.92 Å². The molecule has 0 unspecified atom stereocenters. The molecule has 0 saturated carbocycles. The summed E-state index contributed by atoms with van der Waals surface area (Å²) >= 11 is 0. The Morgan fingerprint density at radius 3 is 2.38 bits per heavy atom. The minimum Gasteiger partial charge on any atom is -0.302 e. The lowest BCUT2D eigenvalue weighted by molar-refractivity contribution is -0.136. The van der Waals surface area contributed by atoms with Crippen molar-refractivity contribution in [3.8, 4) is 0 Å². The van der Waals surface area contributed by atoms with Gasteiger partial charge in [-0.15, -0.1) is 0 Å². The molecule has 0 aromatic heterocycles. The molecular formula is C8H16F3NO. The molecule has 80 valence electrons. The highest BCUT2D eigenvalue weighted by atomic mass is 19.4. The van der Waals surface area contributed by atoms with Crippen LogP contribution in [0.5, 0.6) is 0 Å². The van der Waals surface area contributed by atoms with Gasteiger partial charge in [-0.25, -0.2) is 5.48 Å². The van der Waals surface area contributed by atoms with E-state index in [4.69, 9.17) is 4.84 Å². The van der Waals surface area contributed by atoms with Crippen molar-refractivity contribution in [3.05, 3.63) is 0 Å². The molecular weight excluding hydrogens is 183 g/mol. The average Bonchev–Trinajstić information content (AvgIpc) is 1.93. The molecule has 1 N–H and O–H groups in total. The van der Waals surface area contributed by atoms with Crippen LogP contribution < -0.4 is 5.48 Å². The molecule has 0 aromatic rings. The smallest absolute Gasteiger partial charge is 0.302 e. The minimum absolute atomic E-state index is 0.0571. The fourth-order valence-electron chi connectivity index (χ4n) is 0.659. The molecule has 0 saturated heterocycles. The predicted molar refractivity (Wildman–Crippen MR) is 44.1 cm³/mol. The van der Waals surface area contributed by atoms with Crippen LogP contribution >= 0.6 is 0 Å². The molecule has 0 heterocycles. The third kappa shape index (κ3) is 11.7. The Morgan fingerprint density at radius 1 is 1.31 bits per heavy atom. The largest absolute Gasteiger partial charge is 0.389 e. The van der Waals surface area contributed by atoms with E-state index in [1.165, 1.54) is 0 Å². The first-order chi connectivity index (χ1) is 5.92. The van der Waals surface area contributed by atoms with Crippen LogP contribution in [0, 0.1) is 5.92 Å². The van der Waals surface area contributed by atoms with Gasteiger partial charge in [-0.3, -0.25) is 0 Å². The van der Waals surface area contributed by atoms with Crippen molar-refractivity contribution in [1.29, 1.82) is 0 Å². The fraction of sp³-hybridized carbons (Fsp3) is 1.00. The van der Waals surface area contributed by atoms with Crippen molar-refractivity contribution in [2.45, 2.75) is 32.9 Å². The number of hydroxylamine groups is 1. The maximum absolute atomic E-state index is 11.6. The zero-order chi connectivity index (χ0) is 10.3. The molecule has 0 aliphatic rings. The second-order valence-electron chi connectivity index (χ2n) is 3.32. The van der Waals surface area contributed by atoms with Crippen LogP contribution in [-0.2, 0) is 4.84 Å². The van der Waals surface area contributed by atoms with Gasteiger partial charge in [0, 0.05) is 13.0 Å². The molecule has 0 atom stereocenters. The Bertz CT molecular complexity index is 125. The highest BCUT2D eigenvalue weighted by molar-refractivity contribution is 4.50. The summed E-state index contributed by atoms with van der Waals surface area (Å²) in [7, 11) is 0. The standard InChI is InChI=1S/C8H16F3NO/c1-7(2)6-13-12-5-3-4-8(9,10)11/h7,12H,3-6H2,1-2H3. The third-order valence-corrected chi connectivity index (χ3v) is 1.26. The lowest BCUT2D eigenvalue weighted by atomic mass is 10.2. The van der Waals surface area contributed by atoms with Crippen LogP contribution in [0.1, 0.15) is 26.7 Å². The number of hydrogen-bond acceptors (Lipinski definition) is 2. The van der Waals surface area contributed by atoms with Gasteiger partial charge < -0.3 is 4.84 Å². The lowest BCUT2D eigenvalue weighted by Crippen LogP contribution is -2.20. The van der Waals surface area contributed by atoms with Crippen molar-refractivity contribution in [2.75, 3.05) is 13.2 Å². The second-order valence-corrected chi connectivity index (χ2v) is 3.32. The van der Waals surface area contributed by atoms with E-state index in [1.807, 2.05) is 13.8 Å². The summed E-state index contributed by atoms with van der Waals surface area (Å²) in [5.41, 5.74) is 2.49. The lowest BCUT2D eigenvalue weighted by Gasteiger charge is -2.08. The van der Waals surface area contributed by atoms with Crippen molar-refractivity contribution in [3.63, 3.8) is 0 Å². The van der Waals surface area contributed by atoms with Crippen LogP contribution in [0.25, 0.3) is 0 Å². The van der Waals surface area contributed by atoms with E-state index in [-0.39, 0.29) is 13.0 Å². The van der Waals surface area contributed by atoms with Crippen LogP contribution in [-0.4, -0.2) is 19.3 Å². The molecule has 0 fully saturated rings. The molecule has 2 nitrogen and oxygen atoms in total. The summed E-state index contributed by atoms with van der Waals surface area (Å²) in [5, 5.41) is 0. The SMILES string of the molecule is CC(C)CONCCCC(F)(F)F. The molecule has 13 heavy (non-hydrogen) atoms. The molecule has 0 rings (SSSR count). The zero-order valence-electron chi connectivity index (χ0n) is 7.95. The van der Waals surface area contributed by atoms with Crippen LogP contribution in [0.2, 0.25) is 0 Å². The monoisotopic (exact) mass is 199 g/mol. The Balaban J connectivity index is 3.09. The van der Waals surface area contributed by atoms with Gasteiger partial charge in [-0.05, 0) is 12.3 Å². The topological polar surface area (TPSA) is 21.3 Å². The van der Waals surface area contributed by atoms with Crippen LogP contribution in [0.4, 0.5) is 13.2 Å². The first kappa shape index (κ1) is 12.7. The Kier molecular flexibility index (Phi) is 6.07.